The van der Waals surface area contributed by atoms with Crippen molar-refractivity contribution in [1.82, 2.24) is 0 Å². The molecule has 0 amide bonds. The second-order valence-electron chi connectivity index (χ2n) is 5.85. The SMILES string of the molecule is CC(C)(O)C(C)(C)OB(O)c1ccc2ccoc2c1F. The van der Waals surface area contributed by atoms with Crippen LogP contribution >= 0.6 is 0 Å². The molecule has 0 saturated carbocycles. The first-order valence-corrected chi connectivity index (χ1v) is 6.37. The molecule has 0 saturated heterocycles. The molecule has 6 heteroatoms. The van der Waals surface area contributed by atoms with Crippen LogP contribution in [0.5, 0.6) is 0 Å². The van der Waals surface area contributed by atoms with Crippen LogP contribution in [0.1, 0.15) is 27.7 Å². The Kier molecular flexibility index (Phi) is 3.66. The summed E-state index contributed by atoms with van der Waals surface area (Å²) in [5, 5.41) is 20.7. The number of furan rings is 1. The molecule has 0 atom stereocenters. The Morgan fingerprint density at radius 3 is 2.45 bits per heavy atom. The Morgan fingerprint density at radius 2 is 1.85 bits per heavy atom. The molecule has 2 N–H and O–H groups in total. The molecule has 20 heavy (non-hydrogen) atoms. The fraction of sp³-hybridized carbons (Fsp3) is 0.429. The Labute approximate surface area is 117 Å². The lowest BCUT2D eigenvalue weighted by molar-refractivity contribution is -0.0983. The van der Waals surface area contributed by atoms with E-state index in [-0.39, 0.29) is 11.0 Å². The largest absolute Gasteiger partial charge is 0.494 e. The molecule has 0 radical (unpaired) electrons. The Bertz CT molecular complexity index is 615. The van der Waals surface area contributed by atoms with Gasteiger partial charge in [-0.25, -0.2) is 4.39 Å². The van der Waals surface area contributed by atoms with Crippen molar-refractivity contribution in [2.45, 2.75) is 38.9 Å². The molecule has 0 aliphatic rings. The molecule has 0 fully saturated rings. The molecule has 1 aromatic carbocycles. The molecule has 0 unspecified atom stereocenters. The van der Waals surface area contributed by atoms with Gasteiger partial charge in [-0.05, 0) is 33.8 Å². The number of hydrogen-bond acceptors (Lipinski definition) is 4. The van der Waals surface area contributed by atoms with Crippen LogP contribution in [0.15, 0.2) is 28.9 Å². The zero-order chi connectivity index (χ0) is 15.1. The average molecular weight is 280 g/mol. The second kappa shape index (κ2) is 4.88. The summed E-state index contributed by atoms with van der Waals surface area (Å²) in [6, 6.07) is 4.72. The van der Waals surface area contributed by atoms with Crippen molar-refractivity contribution in [2.75, 3.05) is 0 Å². The smallest absolute Gasteiger partial charge is 0.461 e. The van der Waals surface area contributed by atoms with Crippen molar-refractivity contribution in [3.8, 4) is 0 Å². The van der Waals surface area contributed by atoms with Crippen molar-refractivity contribution in [3.05, 3.63) is 30.3 Å². The van der Waals surface area contributed by atoms with Crippen LogP contribution in [0.3, 0.4) is 0 Å². The molecular formula is C14H18BFO4. The van der Waals surface area contributed by atoms with Gasteiger partial charge in [0.1, 0.15) is 0 Å². The minimum atomic E-state index is -1.49. The Morgan fingerprint density at radius 1 is 1.20 bits per heavy atom. The summed E-state index contributed by atoms with van der Waals surface area (Å²) >= 11 is 0. The maximum absolute atomic E-state index is 14.2. The number of hydrogen-bond donors (Lipinski definition) is 2. The van der Waals surface area contributed by atoms with Gasteiger partial charge in [0.2, 0.25) is 0 Å². The van der Waals surface area contributed by atoms with Crippen molar-refractivity contribution < 1.29 is 23.6 Å². The van der Waals surface area contributed by atoms with Gasteiger partial charge in [0, 0.05) is 10.8 Å². The molecule has 0 spiro atoms. The lowest BCUT2D eigenvalue weighted by atomic mass is 9.76. The zero-order valence-electron chi connectivity index (χ0n) is 12.0. The van der Waals surface area contributed by atoms with Gasteiger partial charge in [0.05, 0.1) is 17.5 Å². The van der Waals surface area contributed by atoms with E-state index in [1.54, 1.807) is 39.8 Å². The minimum Gasteiger partial charge on any atom is -0.461 e. The fourth-order valence-electron chi connectivity index (χ4n) is 1.69. The number of rotatable bonds is 4. The summed E-state index contributed by atoms with van der Waals surface area (Å²) in [6.45, 7) is 6.37. The van der Waals surface area contributed by atoms with Crippen molar-refractivity contribution in [3.63, 3.8) is 0 Å². The summed E-state index contributed by atoms with van der Waals surface area (Å²) in [7, 11) is -1.49. The lowest BCUT2D eigenvalue weighted by Gasteiger charge is -2.38. The summed E-state index contributed by atoms with van der Waals surface area (Å²) < 4.78 is 24.7. The molecule has 2 rings (SSSR count). The molecule has 1 heterocycles. The Balaban J connectivity index is 2.32. The van der Waals surface area contributed by atoms with Crippen molar-refractivity contribution >= 4 is 23.6 Å². The summed E-state index contributed by atoms with van der Waals surface area (Å²) in [5.74, 6) is -0.661. The highest BCUT2D eigenvalue weighted by molar-refractivity contribution is 6.60. The number of fused-ring (bicyclic) bond motifs is 1. The van der Waals surface area contributed by atoms with Crippen molar-refractivity contribution in [1.29, 1.82) is 0 Å². The number of halogens is 1. The van der Waals surface area contributed by atoms with E-state index in [0.29, 0.717) is 5.39 Å². The van der Waals surface area contributed by atoms with Crippen LogP contribution in [-0.2, 0) is 4.65 Å². The van der Waals surface area contributed by atoms with Gasteiger partial charge in [-0.2, -0.15) is 0 Å². The molecule has 4 nitrogen and oxygen atoms in total. The van der Waals surface area contributed by atoms with Gasteiger partial charge >= 0.3 is 7.12 Å². The fourth-order valence-corrected chi connectivity index (χ4v) is 1.69. The highest BCUT2D eigenvalue weighted by Gasteiger charge is 2.40. The van der Waals surface area contributed by atoms with Crippen LogP contribution in [0.4, 0.5) is 4.39 Å². The highest BCUT2D eigenvalue weighted by Crippen LogP contribution is 2.26. The van der Waals surface area contributed by atoms with Gasteiger partial charge < -0.3 is 19.2 Å². The van der Waals surface area contributed by atoms with E-state index < -0.39 is 24.1 Å². The lowest BCUT2D eigenvalue weighted by Crippen LogP contribution is -2.53. The first kappa shape index (κ1) is 15.0. The van der Waals surface area contributed by atoms with E-state index in [4.69, 9.17) is 9.07 Å². The van der Waals surface area contributed by atoms with Gasteiger partial charge in [0.25, 0.3) is 0 Å². The molecular weight excluding hydrogens is 262 g/mol. The molecule has 0 aliphatic carbocycles. The molecule has 2 aromatic rings. The topological polar surface area (TPSA) is 62.8 Å². The standard InChI is InChI=1S/C14H18BFO4/c1-13(2,17)14(3,4)20-15(18)10-6-5-9-7-8-19-12(9)11(10)16/h5-8,17-18H,1-4H3. The summed E-state index contributed by atoms with van der Waals surface area (Å²) in [4.78, 5) is 0. The van der Waals surface area contributed by atoms with Crippen LogP contribution in [0.2, 0.25) is 0 Å². The maximum atomic E-state index is 14.2. The molecule has 108 valence electrons. The van der Waals surface area contributed by atoms with Crippen molar-refractivity contribution in [2.24, 2.45) is 0 Å². The van der Waals surface area contributed by atoms with E-state index in [1.165, 1.54) is 12.3 Å². The second-order valence-corrected chi connectivity index (χ2v) is 5.85. The molecule has 0 bridgehead atoms. The third-order valence-corrected chi connectivity index (χ3v) is 3.74. The van der Waals surface area contributed by atoms with E-state index in [0.717, 1.165) is 0 Å². The van der Waals surface area contributed by atoms with E-state index in [9.17, 15) is 14.5 Å². The third kappa shape index (κ3) is 2.59. The Hall–Kier alpha value is -1.37. The molecule has 0 aliphatic heterocycles. The first-order chi connectivity index (χ1) is 9.13. The predicted molar refractivity (Wildman–Crippen MR) is 75.2 cm³/mol. The third-order valence-electron chi connectivity index (χ3n) is 3.74. The van der Waals surface area contributed by atoms with Gasteiger partial charge in [0.15, 0.2) is 11.4 Å². The predicted octanol–water partition coefficient (Wildman–Crippen LogP) is 1.83. The van der Waals surface area contributed by atoms with E-state index in [1.807, 2.05) is 0 Å². The minimum absolute atomic E-state index is 0.0234. The zero-order valence-corrected chi connectivity index (χ0v) is 12.0. The number of aliphatic hydroxyl groups is 1. The van der Waals surface area contributed by atoms with Gasteiger partial charge in [-0.15, -0.1) is 0 Å². The molecule has 1 aromatic heterocycles. The van der Waals surface area contributed by atoms with Crippen LogP contribution in [0, 0.1) is 5.82 Å². The van der Waals surface area contributed by atoms with E-state index >= 15 is 0 Å². The maximum Gasteiger partial charge on any atom is 0.494 e. The first-order valence-electron chi connectivity index (χ1n) is 6.37. The van der Waals surface area contributed by atoms with Crippen LogP contribution in [0.25, 0.3) is 11.0 Å². The normalized spacial score (nSPS) is 12.9. The highest BCUT2D eigenvalue weighted by atomic mass is 19.1. The monoisotopic (exact) mass is 280 g/mol. The number of benzene rings is 1. The van der Waals surface area contributed by atoms with Crippen LogP contribution in [-0.4, -0.2) is 28.5 Å². The summed E-state index contributed by atoms with van der Waals surface area (Å²) in [5.41, 5.74) is -2.20. The van der Waals surface area contributed by atoms with Crippen LogP contribution < -0.4 is 5.46 Å². The van der Waals surface area contributed by atoms with E-state index in [2.05, 4.69) is 0 Å². The summed E-state index contributed by atoms with van der Waals surface area (Å²) in [6.07, 6.45) is 1.38. The average Bonchev–Trinajstić information content (AvgIpc) is 2.75. The van der Waals surface area contributed by atoms with Gasteiger partial charge in [-0.3, -0.25) is 0 Å². The van der Waals surface area contributed by atoms with Gasteiger partial charge in [-0.1, -0.05) is 12.1 Å². The quantitative estimate of drug-likeness (QED) is 0.839.